The van der Waals surface area contributed by atoms with E-state index < -0.39 is 0 Å². The number of amides is 2. The Balaban J connectivity index is 4.04. The van der Waals surface area contributed by atoms with Crippen molar-refractivity contribution in [3.8, 4) is 0 Å². The average Bonchev–Trinajstić information content (AvgIpc) is 2.24. The van der Waals surface area contributed by atoms with Crippen molar-refractivity contribution in [2.75, 3.05) is 40.4 Å². The van der Waals surface area contributed by atoms with Gasteiger partial charge in [-0.15, -0.1) is 0 Å². The van der Waals surface area contributed by atoms with Crippen LogP contribution in [0.3, 0.4) is 0 Å². The standard InChI is InChI=1S/C10H20N2O4/c1-11(2)9(15)3-4-10(16)12(5-7-13)6-8-14/h13-14H,3-8H2,1-2H3. The molecule has 0 aliphatic carbocycles. The zero-order chi connectivity index (χ0) is 12.6. The lowest BCUT2D eigenvalue weighted by molar-refractivity contribution is -0.136. The van der Waals surface area contributed by atoms with Crippen LogP contribution in [0.1, 0.15) is 12.8 Å². The molecule has 0 saturated carbocycles. The molecule has 0 bridgehead atoms. The van der Waals surface area contributed by atoms with Crippen molar-refractivity contribution in [2.45, 2.75) is 12.8 Å². The maximum Gasteiger partial charge on any atom is 0.223 e. The van der Waals surface area contributed by atoms with Crippen LogP contribution >= 0.6 is 0 Å². The fourth-order valence-corrected chi connectivity index (χ4v) is 1.20. The largest absolute Gasteiger partial charge is 0.395 e. The zero-order valence-electron chi connectivity index (χ0n) is 9.85. The predicted molar refractivity (Wildman–Crippen MR) is 58.7 cm³/mol. The molecule has 0 radical (unpaired) electrons. The first-order valence-corrected chi connectivity index (χ1v) is 5.22. The summed E-state index contributed by atoms with van der Waals surface area (Å²) in [7, 11) is 3.26. The highest BCUT2D eigenvalue weighted by Gasteiger charge is 2.14. The van der Waals surface area contributed by atoms with Crippen LogP contribution in [-0.4, -0.2) is 72.2 Å². The number of aliphatic hydroxyl groups excluding tert-OH is 2. The number of hydrogen-bond acceptors (Lipinski definition) is 4. The van der Waals surface area contributed by atoms with Crippen molar-refractivity contribution in [2.24, 2.45) is 0 Å². The second kappa shape index (κ2) is 8.06. The smallest absolute Gasteiger partial charge is 0.223 e. The molecule has 0 aromatic rings. The first-order valence-electron chi connectivity index (χ1n) is 5.22. The molecule has 2 amide bonds. The Labute approximate surface area is 95.5 Å². The van der Waals surface area contributed by atoms with Crippen molar-refractivity contribution in [1.82, 2.24) is 9.80 Å². The van der Waals surface area contributed by atoms with E-state index in [1.165, 1.54) is 9.80 Å². The fourth-order valence-electron chi connectivity index (χ4n) is 1.20. The Bertz CT molecular complexity index is 225. The Morgan fingerprint density at radius 2 is 1.38 bits per heavy atom. The van der Waals surface area contributed by atoms with E-state index in [2.05, 4.69) is 0 Å². The molecule has 0 saturated heterocycles. The summed E-state index contributed by atoms with van der Waals surface area (Å²) >= 11 is 0. The van der Waals surface area contributed by atoms with E-state index >= 15 is 0 Å². The van der Waals surface area contributed by atoms with E-state index in [4.69, 9.17) is 10.2 Å². The van der Waals surface area contributed by atoms with Gasteiger partial charge in [-0.1, -0.05) is 0 Å². The Kier molecular flexibility index (Phi) is 7.49. The van der Waals surface area contributed by atoms with Crippen LogP contribution in [0.2, 0.25) is 0 Å². The monoisotopic (exact) mass is 232 g/mol. The second-order valence-corrected chi connectivity index (χ2v) is 3.62. The summed E-state index contributed by atoms with van der Waals surface area (Å²) in [6.45, 7) is 0.0891. The van der Waals surface area contributed by atoms with Crippen LogP contribution in [-0.2, 0) is 9.59 Å². The quantitative estimate of drug-likeness (QED) is 0.570. The van der Waals surface area contributed by atoms with E-state index in [9.17, 15) is 9.59 Å². The van der Waals surface area contributed by atoms with Gasteiger partial charge in [0.15, 0.2) is 0 Å². The minimum Gasteiger partial charge on any atom is -0.395 e. The Morgan fingerprint density at radius 1 is 0.938 bits per heavy atom. The fraction of sp³-hybridized carbons (Fsp3) is 0.800. The summed E-state index contributed by atoms with van der Waals surface area (Å²) < 4.78 is 0. The summed E-state index contributed by atoms with van der Waals surface area (Å²) in [5, 5.41) is 17.5. The van der Waals surface area contributed by atoms with Crippen LogP contribution in [0.25, 0.3) is 0 Å². The van der Waals surface area contributed by atoms with Gasteiger partial charge in [0, 0.05) is 40.0 Å². The van der Waals surface area contributed by atoms with Crippen LogP contribution in [0, 0.1) is 0 Å². The van der Waals surface area contributed by atoms with E-state index in [1.807, 2.05) is 0 Å². The maximum absolute atomic E-state index is 11.6. The highest BCUT2D eigenvalue weighted by Crippen LogP contribution is 1.99. The molecular weight excluding hydrogens is 212 g/mol. The molecule has 0 rings (SSSR count). The molecule has 6 heteroatoms. The Hall–Kier alpha value is -1.14. The SMILES string of the molecule is CN(C)C(=O)CCC(=O)N(CCO)CCO. The molecule has 0 heterocycles. The molecule has 94 valence electrons. The van der Waals surface area contributed by atoms with E-state index in [0.717, 1.165) is 0 Å². The van der Waals surface area contributed by atoms with E-state index in [1.54, 1.807) is 14.1 Å². The summed E-state index contributed by atoms with van der Waals surface area (Å²) in [6, 6.07) is 0. The first-order chi connectivity index (χ1) is 7.52. The molecule has 0 aromatic carbocycles. The Morgan fingerprint density at radius 3 is 1.75 bits per heavy atom. The lowest BCUT2D eigenvalue weighted by atomic mass is 10.2. The molecule has 2 N–H and O–H groups in total. The average molecular weight is 232 g/mol. The lowest BCUT2D eigenvalue weighted by Crippen LogP contribution is -2.36. The first kappa shape index (κ1) is 14.9. The molecule has 0 atom stereocenters. The van der Waals surface area contributed by atoms with Crippen LogP contribution in [0.15, 0.2) is 0 Å². The number of hydrogen-bond donors (Lipinski definition) is 2. The van der Waals surface area contributed by atoms with Gasteiger partial charge in [0.05, 0.1) is 13.2 Å². The highest BCUT2D eigenvalue weighted by molar-refractivity contribution is 5.83. The highest BCUT2D eigenvalue weighted by atomic mass is 16.3. The van der Waals surface area contributed by atoms with Gasteiger partial charge in [0.25, 0.3) is 0 Å². The second-order valence-electron chi connectivity index (χ2n) is 3.62. The minimum absolute atomic E-state index is 0.108. The molecule has 0 fully saturated rings. The van der Waals surface area contributed by atoms with Crippen molar-refractivity contribution in [1.29, 1.82) is 0 Å². The van der Waals surface area contributed by atoms with Gasteiger partial charge >= 0.3 is 0 Å². The molecule has 0 spiro atoms. The number of carbonyl (C=O) groups is 2. The van der Waals surface area contributed by atoms with Crippen LogP contribution < -0.4 is 0 Å². The number of rotatable bonds is 7. The number of carbonyl (C=O) groups excluding carboxylic acids is 2. The summed E-state index contributed by atoms with van der Waals surface area (Å²) in [6.07, 6.45) is 0.260. The van der Waals surface area contributed by atoms with Gasteiger partial charge in [0.1, 0.15) is 0 Å². The van der Waals surface area contributed by atoms with E-state index in [-0.39, 0.29) is 51.0 Å². The van der Waals surface area contributed by atoms with Gasteiger partial charge in [-0.05, 0) is 0 Å². The van der Waals surface area contributed by atoms with Gasteiger partial charge in [-0.25, -0.2) is 0 Å². The van der Waals surface area contributed by atoms with Crippen molar-refractivity contribution >= 4 is 11.8 Å². The maximum atomic E-state index is 11.6. The molecule has 0 aliphatic heterocycles. The lowest BCUT2D eigenvalue weighted by Gasteiger charge is -2.20. The molecule has 16 heavy (non-hydrogen) atoms. The third-order valence-electron chi connectivity index (χ3n) is 2.14. The molecule has 0 aromatic heterocycles. The van der Waals surface area contributed by atoms with Gasteiger partial charge in [-0.3, -0.25) is 9.59 Å². The van der Waals surface area contributed by atoms with Crippen molar-refractivity contribution in [3.05, 3.63) is 0 Å². The summed E-state index contributed by atoms with van der Waals surface area (Å²) in [5.74, 6) is -0.334. The third-order valence-corrected chi connectivity index (χ3v) is 2.14. The van der Waals surface area contributed by atoms with Gasteiger partial charge < -0.3 is 20.0 Å². The number of aliphatic hydroxyl groups is 2. The molecule has 6 nitrogen and oxygen atoms in total. The molecule has 0 unspecified atom stereocenters. The van der Waals surface area contributed by atoms with Crippen molar-refractivity contribution in [3.63, 3.8) is 0 Å². The van der Waals surface area contributed by atoms with Gasteiger partial charge in [0.2, 0.25) is 11.8 Å². The summed E-state index contributed by atoms with van der Waals surface area (Å²) in [4.78, 5) is 25.6. The van der Waals surface area contributed by atoms with Crippen molar-refractivity contribution < 1.29 is 19.8 Å². The predicted octanol–water partition coefficient (Wildman–Crippen LogP) is -1.33. The number of nitrogens with zero attached hydrogens (tertiary/aromatic N) is 2. The normalized spacial score (nSPS) is 10.0. The topological polar surface area (TPSA) is 81.1 Å². The zero-order valence-corrected chi connectivity index (χ0v) is 9.85. The molecule has 0 aliphatic rings. The van der Waals surface area contributed by atoms with Gasteiger partial charge in [-0.2, -0.15) is 0 Å². The van der Waals surface area contributed by atoms with Crippen LogP contribution in [0.4, 0.5) is 0 Å². The molecular formula is C10H20N2O4. The minimum atomic E-state index is -0.224. The van der Waals surface area contributed by atoms with E-state index in [0.29, 0.717) is 0 Å². The van der Waals surface area contributed by atoms with Crippen LogP contribution in [0.5, 0.6) is 0 Å². The third kappa shape index (κ3) is 5.67. The summed E-state index contributed by atoms with van der Waals surface area (Å²) in [5.41, 5.74) is 0.